The van der Waals surface area contributed by atoms with Crippen LogP contribution in [-0.2, 0) is 11.3 Å². The van der Waals surface area contributed by atoms with Gasteiger partial charge in [-0.25, -0.2) is 29.9 Å². The van der Waals surface area contributed by atoms with Gasteiger partial charge >= 0.3 is 0 Å². The van der Waals surface area contributed by atoms with Gasteiger partial charge in [-0.1, -0.05) is 81.5 Å². The number of rotatable bonds is 15. The second-order valence-electron chi connectivity index (χ2n) is 32.4. The molecule has 0 unspecified atom stereocenters. The molecule has 6 fully saturated rings. The molecule has 6 saturated heterocycles. The summed E-state index contributed by atoms with van der Waals surface area (Å²) < 4.78 is 29.0. The first-order valence-electron chi connectivity index (χ1n) is 44.1. The normalized spacial score (nSPS) is 15.3. The summed E-state index contributed by atoms with van der Waals surface area (Å²) in [6.07, 6.45) is 24.9. The Kier molecular flexibility index (Phi) is 36.0. The number of halogens is 8. The third-order valence-electron chi connectivity index (χ3n) is 23.6. The summed E-state index contributed by atoms with van der Waals surface area (Å²) in [7, 11) is 0. The van der Waals surface area contributed by atoms with Crippen LogP contribution in [0.3, 0.4) is 0 Å². The number of aromatic nitrogens is 9. The number of aliphatic hydroxyl groups is 1. The monoisotopic (exact) mass is 2360 g/mol. The molecule has 0 atom stereocenters. The molecule has 2 aromatic carbocycles. The highest BCUT2D eigenvalue weighted by atomic mass is 79.9. The molecule has 6 aliphatic heterocycles. The zero-order chi connectivity index (χ0) is 91.7. The molecule has 0 saturated carbocycles. The highest BCUT2D eigenvalue weighted by molar-refractivity contribution is 9.14. The van der Waals surface area contributed by atoms with E-state index in [2.05, 4.69) is 259 Å². The van der Waals surface area contributed by atoms with Crippen molar-refractivity contribution in [1.82, 2.24) is 45.2 Å². The number of thiazole rings is 3. The van der Waals surface area contributed by atoms with Crippen LogP contribution >= 0.6 is 221 Å². The van der Waals surface area contributed by atoms with E-state index in [1.165, 1.54) is 174 Å². The first-order valence-corrected chi connectivity index (χ1v) is 57.4. The lowest BCUT2D eigenvalue weighted by molar-refractivity contribution is 0.122. The van der Waals surface area contributed by atoms with Crippen LogP contribution in [0.4, 0.5) is 33.7 Å². The fourth-order valence-corrected chi connectivity index (χ4v) is 27.4. The largest absolute Gasteiger partial charge is 0.420 e. The van der Waals surface area contributed by atoms with E-state index in [9.17, 15) is 5.11 Å². The Morgan fingerprint density at radius 1 is 0.439 bits per heavy atom. The van der Waals surface area contributed by atoms with Crippen molar-refractivity contribution < 1.29 is 23.3 Å². The lowest BCUT2D eigenvalue weighted by atomic mass is 10.1. The molecule has 37 heteroatoms. The van der Waals surface area contributed by atoms with Gasteiger partial charge < -0.3 is 57.7 Å². The lowest BCUT2D eigenvalue weighted by Crippen LogP contribution is -2.36. The standard InChI is InChI=1S/C18H14N2S.C15H20N2OS2.C14H18N2S2.C12H11Br2N3OS.2C12H12Br2N2OS.C12H12Cl2N2OS/c1-12-6-8-13(9-7-12)18-20-17(11-21-18)15-10-19-16-5-3-2-4-14(15)16;1-10-11(2)20-13(8-18)14(10)12-9-19-15(16-12)17-6-4-3-5-7-17;1-10-11(2)17-8-12(10)13-9-18-14(15-13)16-6-4-3-5-7-16;13-10-8(7-19-11(10)14)12-15-2-1-9(16-12)17-3-5-18-6-4-17;13-10-8(7-18-11(10)14)12-15-6-9(17-12)16-4-2-1-3-5-16;2*13-11-8(7-18-12(11)14)9-6-10(17-15-9)16-4-2-1-3-5-16/h2-11,19H,1H3;9,18H,3-8H2,1-2H3;8-9H,3-7H2,1-2H3;1-2,7H,3-6H2;3*6-7H,1-5H2. The van der Waals surface area contributed by atoms with Gasteiger partial charge in [0.05, 0.1) is 78.5 Å². The molecule has 0 amide bonds. The Labute approximate surface area is 866 Å². The number of hydrogen-bond acceptors (Lipinski definition) is 28. The molecule has 14 aromatic heterocycles. The fraction of sp³-hybridized carbons (Fsp3) is 0.368. The van der Waals surface area contributed by atoms with E-state index in [1.54, 1.807) is 79.4 Å². The highest BCUT2D eigenvalue weighted by Gasteiger charge is 2.27. The first kappa shape index (κ1) is 99.0. The third kappa shape index (κ3) is 24.8. The average Bonchev–Trinajstić information content (AvgIpc) is 1.63. The van der Waals surface area contributed by atoms with E-state index < -0.39 is 0 Å². The summed E-state index contributed by atoms with van der Waals surface area (Å²) in [5.74, 6) is 4.99. The van der Waals surface area contributed by atoms with E-state index in [-0.39, 0.29) is 6.61 Å². The molecule has 0 aliphatic carbocycles. The van der Waals surface area contributed by atoms with Crippen LogP contribution in [0.15, 0.2) is 167 Å². The minimum absolute atomic E-state index is 0.102. The summed E-state index contributed by atoms with van der Waals surface area (Å²) in [5.41, 5.74) is 18.7. The molecular weight excluding hydrogens is 2270 g/mol. The highest BCUT2D eigenvalue weighted by Crippen LogP contribution is 2.46. The van der Waals surface area contributed by atoms with E-state index in [0.29, 0.717) is 15.2 Å². The smallest absolute Gasteiger partial charge is 0.230 e. The number of hydrogen-bond donors (Lipinski definition) is 2. The molecule has 2 N–H and O–H groups in total. The van der Waals surface area contributed by atoms with Crippen LogP contribution in [0.25, 0.3) is 101 Å². The van der Waals surface area contributed by atoms with E-state index >= 15 is 0 Å². The molecule has 6 aliphatic rings. The number of aryl methyl sites for hydroxylation is 3. The zero-order valence-electron chi connectivity index (χ0n) is 73.5. The molecule has 132 heavy (non-hydrogen) atoms. The van der Waals surface area contributed by atoms with Crippen LogP contribution in [0.5, 0.6) is 0 Å². The van der Waals surface area contributed by atoms with Gasteiger partial charge in [-0.3, -0.25) is 0 Å². The van der Waals surface area contributed by atoms with Crippen LogP contribution in [0, 0.1) is 34.6 Å². The number of nitrogens with zero attached hydrogens (tertiary/aromatic N) is 14. The SMILES string of the molecule is Brc1scc(-c2cc(N3CCCCC3)on2)c1Br.Brc1scc(-c2ncc(N3CCCCC3)o2)c1Br.Brc1scc(-c2nccc(N3CCOCC3)n2)c1Br.Cc1ccc(-c2nc(-c3c[nH]c4ccccc34)cs2)cc1.Cc1sc(CO)c(-c2csc(N3CCCCC3)n2)c1C.Cc1scc(-c2csc(N3CCCCC3)n2)c1C.Clc1scc(-c2cc(N3CCCCC3)on2)c1Cl. The molecule has 16 aromatic rings. The molecule has 0 bridgehead atoms. The predicted molar refractivity (Wildman–Crippen MR) is 580 cm³/mol. The van der Waals surface area contributed by atoms with Gasteiger partial charge in [-0.15, -0.1) is 102 Å². The Hall–Kier alpha value is -6.04. The number of morpholine rings is 1. The van der Waals surface area contributed by atoms with Crippen molar-refractivity contribution in [2.45, 2.75) is 138 Å². The van der Waals surface area contributed by atoms with E-state index in [1.807, 2.05) is 70.3 Å². The fourth-order valence-electron chi connectivity index (χ4n) is 16.0. The quantitative estimate of drug-likeness (QED) is 0.0978. The van der Waals surface area contributed by atoms with Crippen LogP contribution < -0.4 is 29.4 Å². The van der Waals surface area contributed by atoms with Crippen molar-refractivity contribution in [3.63, 3.8) is 0 Å². The molecule has 22 rings (SSSR count). The van der Waals surface area contributed by atoms with Crippen molar-refractivity contribution in [1.29, 1.82) is 0 Å². The van der Waals surface area contributed by atoms with Crippen LogP contribution in [-0.4, -0.2) is 142 Å². The molecular formula is C95H99Br6Cl2N15O5S9. The number of nitrogens with one attached hydrogen (secondary N) is 1. The summed E-state index contributed by atoms with van der Waals surface area (Å²) in [6, 6.07) is 22.8. The Balaban J connectivity index is 0.000000112. The summed E-state index contributed by atoms with van der Waals surface area (Å²) in [5, 5.41) is 39.8. The molecule has 0 radical (unpaired) electrons. The van der Waals surface area contributed by atoms with Gasteiger partial charge in [0.25, 0.3) is 0 Å². The number of para-hydroxylation sites is 1. The maximum Gasteiger partial charge on any atom is 0.230 e. The molecule has 694 valence electrons. The van der Waals surface area contributed by atoms with Crippen molar-refractivity contribution in [3.05, 3.63) is 194 Å². The number of H-pyrrole nitrogens is 1. The van der Waals surface area contributed by atoms with Crippen molar-refractivity contribution in [2.24, 2.45) is 0 Å². The summed E-state index contributed by atoms with van der Waals surface area (Å²) >= 11 is 48.2. The minimum atomic E-state index is 0.102. The number of thiophene rings is 6. The van der Waals surface area contributed by atoms with Crippen molar-refractivity contribution in [3.8, 4) is 89.7 Å². The van der Waals surface area contributed by atoms with Gasteiger partial charge in [-0.2, -0.15) is 0 Å². The van der Waals surface area contributed by atoms with Crippen molar-refractivity contribution in [2.75, 3.05) is 121 Å². The van der Waals surface area contributed by atoms with E-state index in [0.717, 1.165) is 210 Å². The number of benzene rings is 2. The number of aromatic amines is 1. The van der Waals surface area contributed by atoms with Gasteiger partial charge in [0, 0.05) is 211 Å². The van der Waals surface area contributed by atoms with E-state index in [4.69, 9.17) is 56.4 Å². The Bertz CT molecular complexity index is 5990. The second-order valence-corrected chi connectivity index (χ2v) is 48.1. The first-order chi connectivity index (χ1) is 64.3. The van der Waals surface area contributed by atoms with Gasteiger partial charge in [0.15, 0.2) is 16.1 Å². The van der Waals surface area contributed by atoms with Gasteiger partial charge in [-0.05, 0) is 250 Å². The van der Waals surface area contributed by atoms with Gasteiger partial charge in [0.1, 0.15) is 26.5 Å². The Morgan fingerprint density at radius 3 is 1.49 bits per heavy atom. The maximum atomic E-state index is 9.55. The molecule has 20 heterocycles. The third-order valence-corrected chi connectivity index (χ3v) is 40.3. The number of aliphatic hydroxyl groups excluding tert-OH is 1. The lowest BCUT2D eigenvalue weighted by Gasteiger charge is -2.27. The van der Waals surface area contributed by atoms with Crippen molar-refractivity contribution >= 4 is 265 Å². The van der Waals surface area contributed by atoms with Crippen LogP contribution in [0.2, 0.25) is 9.36 Å². The number of fused-ring (bicyclic) bond motifs is 1. The maximum absolute atomic E-state index is 9.55. The van der Waals surface area contributed by atoms with Gasteiger partial charge in [0.2, 0.25) is 23.5 Å². The number of anilines is 6. The minimum Gasteiger partial charge on any atom is -0.420 e. The Morgan fingerprint density at radius 2 is 0.947 bits per heavy atom. The van der Waals surface area contributed by atoms with Crippen LogP contribution in [0.1, 0.15) is 128 Å². The number of oxazole rings is 1. The predicted octanol–water partition coefficient (Wildman–Crippen LogP) is 31.8. The number of piperidine rings is 5. The molecule has 20 nitrogen and oxygen atoms in total. The topological polar surface area (TPSA) is 207 Å². The summed E-state index contributed by atoms with van der Waals surface area (Å²) in [4.78, 5) is 48.7. The summed E-state index contributed by atoms with van der Waals surface area (Å²) in [6.45, 7) is 25.1. The number of ether oxygens (including phenoxy) is 1. The molecule has 0 spiro atoms. The second kappa shape index (κ2) is 48.0. The average molecular weight is 2370 g/mol. The zero-order valence-corrected chi connectivity index (χ0v) is 91.8.